The molecule has 0 unspecified atom stereocenters. The van der Waals surface area contributed by atoms with Crippen LogP contribution in [-0.2, 0) is 0 Å². The molecule has 0 atom stereocenters. The summed E-state index contributed by atoms with van der Waals surface area (Å²) >= 11 is 0. The molecule has 0 fully saturated rings. The molecule has 108 valence electrons. The standard InChI is InChI=1S/C17H16O4/c1-20-13-7-5-6-12(10-13)15(18)11-16(19)14-8-3-4-9-17(14)21-2/h3-10H,11H2,1-2H3. The molecule has 0 saturated heterocycles. The monoisotopic (exact) mass is 284 g/mol. The molecule has 0 radical (unpaired) electrons. The van der Waals surface area contributed by atoms with Crippen LogP contribution in [0.1, 0.15) is 27.1 Å². The fourth-order valence-corrected chi connectivity index (χ4v) is 2.01. The van der Waals surface area contributed by atoms with Crippen molar-refractivity contribution >= 4 is 11.6 Å². The summed E-state index contributed by atoms with van der Waals surface area (Å²) in [4.78, 5) is 24.4. The highest BCUT2D eigenvalue weighted by Gasteiger charge is 2.17. The van der Waals surface area contributed by atoms with Crippen LogP contribution >= 0.6 is 0 Å². The van der Waals surface area contributed by atoms with Crippen LogP contribution in [0, 0.1) is 0 Å². The maximum Gasteiger partial charge on any atom is 0.174 e. The molecule has 21 heavy (non-hydrogen) atoms. The highest BCUT2D eigenvalue weighted by atomic mass is 16.5. The third kappa shape index (κ3) is 3.48. The summed E-state index contributed by atoms with van der Waals surface area (Å²) in [6, 6.07) is 13.6. The van der Waals surface area contributed by atoms with Gasteiger partial charge in [-0.3, -0.25) is 9.59 Å². The summed E-state index contributed by atoms with van der Waals surface area (Å²) in [5, 5.41) is 0. The van der Waals surface area contributed by atoms with Crippen molar-refractivity contribution in [1.29, 1.82) is 0 Å². The van der Waals surface area contributed by atoms with Crippen LogP contribution in [0.3, 0.4) is 0 Å². The van der Waals surface area contributed by atoms with Gasteiger partial charge < -0.3 is 9.47 Å². The van der Waals surface area contributed by atoms with Crippen LogP contribution in [0.2, 0.25) is 0 Å². The lowest BCUT2D eigenvalue weighted by atomic mass is 10.0. The van der Waals surface area contributed by atoms with E-state index in [1.165, 1.54) is 14.2 Å². The average Bonchev–Trinajstić information content (AvgIpc) is 2.54. The quantitative estimate of drug-likeness (QED) is 0.604. The zero-order valence-corrected chi connectivity index (χ0v) is 12.0. The van der Waals surface area contributed by atoms with Gasteiger partial charge in [-0.25, -0.2) is 0 Å². The van der Waals surface area contributed by atoms with Crippen molar-refractivity contribution in [2.75, 3.05) is 14.2 Å². The van der Waals surface area contributed by atoms with Gasteiger partial charge >= 0.3 is 0 Å². The Kier molecular flexibility index (Phi) is 4.72. The third-order valence-corrected chi connectivity index (χ3v) is 3.12. The Morgan fingerprint density at radius 2 is 1.67 bits per heavy atom. The highest BCUT2D eigenvalue weighted by molar-refractivity contribution is 6.14. The van der Waals surface area contributed by atoms with E-state index in [2.05, 4.69) is 0 Å². The lowest BCUT2D eigenvalue weighted by Gasteiger charge is -2.07. The first-order valence-electron chi connectivity index (χ1n) is 6.49. The number of ketones is 2. The van der Waals surface area contributed by atoms with E-state index in [1.807, 2.05) is 0 Å². The third-order valence-electron chi connectivity index (χ3n) is 3.12. The van der Waals surface area contributed by atoms with Crippen molar-refractivity contribution in [3.8, 4) is 11.5 Å². The molecule has 0 N–H and O–H groups in total. The summed E-state index contributed by atoms with van der Waals surface area (Å²) in [7, 11) is 3.03. The molecule has 2 aromatic rings. The van der Waals surface area contributed by atoms with Gasteiger partial charge in [0, 0.05) is 5.56 Å². The van der Waals surface area contributed by atoms with Crippen molar-refractivity contribution < 1.29 is 19.1 Å². The fourth-order valence-electron chi connectivity index (χ4n) is 2.01. The minimum absolute atomic E-state index is 0.201. The van der Waals surface area contributed by atoms with E-state index in [-0.39, 0.29) is 18.0 Å². The van der Waals surface area contributed by atoms with Crippen LogP contribution in [0.15, 0.2) is 48.5 Å². The Morgan fingerprint density at radius 3 is 2.38 bits per heavy atom. The summed E-state index contributed by atoms with van der Waals surface area (Å²) in [6.45, 7) is 0. The van der Waals surface area contributed by atoms with Gasteiger partial charge in [-0.15, -0.1) is 0 Å². The molecule has 0 spiro atoms. The predicted octanol–water partition coefficient (Wildman–Crippen LogP) is 3.16. The molecule has 0 amide bonds. The molecular formula is C17H16O4. The predicted molar refractivity (Wildman–Crippen MR) is 79.3 cm³/mol. The molecule has 2 rings (SSSR count). The van der Waals surface area contributed by atoms with Crippen molar-refractivity contribution in [3.05, 3.63) is 59.7 Å². The van der Waals surface area contributed by atoms with Gasteiger partial charge in [-0.05, 0) is 24.3 Å². The molecule has 4 nitrogen and oxygen atoms in total. The second kappa shape index (κ2) is 6.70. The number of Topliss-reactive ketones (excluding diaryl/α,β-unsaturated/α-hetero) is 2. The molecule has 0 aliphatic carbocycles. The Labute approximate surface area is 123 Å². The Morgan fingerprint density at radius 1 is 0.905 bits per heavy atom. The second-order valence-electron chi connectivity index (χ2n) is 4.46. The van der Waals surface area contributed by atoms with Crippen LogP contribution in [0.25, 0.3) is 0 Å². The lowest BCUT2D eigenvalue weighted by molar-refractivity contribution is 0.0892. The van der Waals surface area contributed by atoms with Crippen LogP contribution < -0.4 is 9.47 Å². The number of ether oxygens (including phenoxy) is 2. The van der Waals surface area contributed by atoms with Crippen LogP contribution in [-0.4, -0.2) is 25.8 Å². The molecule has 0 bridgehead atoms. The van der Waals surface area contributed by atoms with Gasteiger partial charge in [0.25, 0.3) is 0 Å². The number of rotatable bonds is 6. The molecule has 0 aliphatic rings. The van der Waals surface area contributed by atoms with Gasteiger partial charge in [0.1, 0.15) is 11.5 Å². The zero-order valence-electron chi connectivity index (χ0n) is 12.0. The normalized spacial score (nSPS) is 10.0. The van der Waals surface area contributed by atoms with Gasteiger partial charge in [0.15, 0.2) is 11.6 Å². The molecule has 0 saturated carbocycles. The number of carbonyl (C=O) groups is 2. The number of hydrogen-bond donors (Lipinski definition) is 0. The van der Waals surface area contributed by atoms with E-state index in [0.717, 1.165) is 0 Å². The summed E-state index contributed by atoms with van der Waals surface area (Å²) < 4.78 is 10.2. The Bertz CT molecular complexity index is 661. The minimum Gasteiger partial charge on any atom is -0.497 e. The Hall–Kier alpha value is -2.62. The number of methoxy groups -OCH3 is 2. The number of para-hydroxylation sites is 1. The zero-order chi connectivity index (χ0) is 15.2. The summed E-state index contributed by atoms with van der Waals surface area (Å²) in [5.74, 6) is 0.552. The second-order valence-corrected chi connectivity index (χ2v) is 4.46. The molecule has 0 heterocycles. The van der Waals surface area contributed by atoms with E-state index in [1.54, 1.807) is 48.5 Å². The fraction of sp³-hybridized carbons (Fsp3) is 0.176. The Balaban J connectivity index is 2.17. The summed E-state index contributed by atoms with van der Waals surface area (Å²) in [5.41, 5.74) is 0.869. The van der Waals surface area contributed by atoms with E-state index in [4.69, 9.17) is 9.47 Å². The van der Waals surface area contributed by atoms with Crippen LogP contribution in [0.4, 0.5) is 0 Å². The smallest absolute Gasteiger partial charge is 0.174 e. The van der Waals surface area contributed by atoms with Crippen molar-refractivity contribution in [2.45, 2.75) is 6.42 Å². The molecule has 0 aromatic heterocycles. The largest absolute Gasteiger partial charge is 0.497 e. The van der Waals surface area contributed by atoms with Crippen molar-refractivity contribution in [1.82, 2.24) is 0 Å². The first-order valence-corrected chi connectivity index (χ1v) is 6.49. The molecular weight excluding hydrogens is 268 g/mol. The maximum absolute atomic E-state index is 12.2. The topological polar surface area (TPSA) is 52.6 Å². The SMILES string of the molecule is COc1cccc(C(=O)CC(=O)c2ccccc2OC)c1. The van der Waals surface area contributed by atoms with Gasteiger partial charge in [0.2, 0.25) is 0 Å². The molecule has 2 aromatic carbocycles. The number of hydrogen-bond acceptors (Lipinski definition) is 4. The first kappa shape index (κ1) is 14.8. The van der Waals surface area contributed by atoms with Gasteiger partial charge in [-0.2, -0.15) is 0 Å². The molecule has 4 heteroatoms. The van der Waals surface area contributed by atoms with E-state index in [9.17, 15) is 9.59 Å². The minimum atomic E-state index is -0.264. The van der Waals surface area contributed by atoms with Crippen molar-refractivity contribution in [3.63, 3.8) is 0 Å². The molecule has 0 aliphatic heterocycles. The number of carbonyl (C=O) groups excluding carboxylic acids is 2. The lowest BCUT2D eigenvalue weighted by Crippen LogP contribution is -2.10. The van der Waals surface area contributed by atoms with Crippen LogP contribution in [0.5, 0.6) is 11.5 Å². The van der Waals surface area contributed by atoms with E-state index >= 15 is 0 Å². The maximum atomic E-state index is 12.2. The summed E-state index contributed by atoms with van der Waals surface area (Å²) in [6.07, 6.45) is -0.201. The highest BCUT2D eigenvalue weighted by Crippen LogP contribution is 2.21. The first-order chi connectivity index (χ1) is 10.2. The van der Waals surface area contributed by atoms with Gasteiger partial charge in [0.05, 0.1) is 26.2 Å². The number of benzene rings is 2. The van der Waals surface area contributed by atoms with E-state index in [0.29, 0.717) is 22.6 Å². The van der Waals surface area contributed by atoms with Crippen molar-refractivity contribution in [2.24, 2.45) is 0 Å². The van der Waals surface area contributed by atoms with Gasteiger partial charge in [-0.1, -0.05) is 24.3 Å². The van der Waals surface area contributed by atoms with E-state index < -0.39 is 0 Å². The average molecular weight is 284 g/mol.